The van der Waals surface area contributed by atoms with Crippen molar-refractivity contribution in [3.8, 4) is 11.5 Å². The number of rotatable bonds is 5. The van der Waals surface area contributed by atoms with E-state index in [1.54, 1.807) is 14.2 Å². The molecular formula is C14H18N4O2. The third-order valence-electron chi connectivity index (χ3n) is 2.76. The van der Waals surface area contributed by atoms with Crippen molar-refractivity contribution in [3.63, 3.8) is 0 Å². The van der Waals surface area contributed by atoms with E-state index in [9.17, 15) is 0 Å². The van der Waals surface area contributed by atoms with E-state index in [1.165, 1.54) is 0 Å². The van der Waals surface area contributed by atoms with Crippen molar-refractivity contribution < 1.29 is 9.47 Å². The monoisotopic (exact) mass is 274 g/mol. The molecule has 0 aliphatic rings. The van der Waals surface area contributed by atoms with Gasteiger partial charge in [-0.15, -0.1) is 0 Å². The van der Waals surface area contributed by atoms with Crippen LogP contribution in [0, 0.1) is 6.92 Å². The fourth-order valence-corrected chi connectivity index (χ4v) is 1.81. The van der Waals surface area contributed by atoms with E-state index in [-0.39, 0.29) is 0 Å². The predicted octanol–water partition coefficient (Wildman–Crippen LogP) is 2.59. The van der Waals surface area contributed by atoms with Crippen molar-refractivity contribution in [2.24, 2.45) is 0 Å². The van der Waals surface area contributed by atoms with Gasteiger partial charge in [-0.1, -0.05) is 0 Å². The third kappa shape index (κ3) is 3.09. The molecular weight excluding hydrogens is 256 g/mol. The number of benzene rings is 1. The topological polar surface area (TPSA) is 68.3 Å². The fourth-order valence-electron chi connectivity index (χ4n) is 1.81. The van der Waals surface area contributed by atoms with Crippen molar-refractivity contribution in [1.82, 2.24) is 9.97 Å². The van der Waals surface area contributed by atoms with Crippen LogP contribution in [-0.2, 0) is 0 Å². The molecule has 2 N–H and O–H groups in total. The van der Waals surface area contributed by atoms with Gasteiger partial charge in [0.2, 0.25) is 0 Å². The minimum atomic E-state index is 0.682. The van der Waals surface area contributed by atoms with Crippen LogP contribution in [0.3, 0.4) is 0 Å². The van der Waals surface area contributed by atoms with Gasteiger partial charge in [0.05, 0.1) is 19.9 Å². The molecule has 0 bridgehead atoms. The molecule has 0 aliphatic carbocycles. The highest BCUT2D eigenvalue weighted by molar-refractivity contribution is 5.67. The molecule has 106 valence electrons. The van der Waals surface area contributed by atoms with Crippen LogP contribution in [0.2, 0.25) is 0 Å². The number of ether oxygens (including phenoxy) is 2. The van der Waals surface area contributed by atoms with Crippen LogP contribution in [0.1, 0.15) is 5.82 Å². The molecule has 0 aliphatic heterocycles. The summed E-state index contributed by atoms with van der Waals surface area (Å²) in [6, 6.07) is 7.36. The van der Waals surface area contributed by atoms with Gasteiger partial charge in [-0.3, -0.25) is 0 Å². The lowest BCUT2D eigenvalue weighted by atomic mass is 10.2. The zero-order chi connectivity index (χ0) is 14.5. The van der Waals surface area contributed by atoms with Gasteiger partial charge in [-0.25, -0.2) is 9.97 Å². The van der Waals surface area contributed by atoms with E-state index in [0.29, 0.717) is 17.4 Å². The molecule has 6 heteroatoms. The maximum absolute atomic E-state index is 5.33. The van der Waals surface area contributed by atoms with Crippen molar-refractivity contribution in [2.75, 3.05) is 31.9 Å². The zero-order valence-corrected chi connectivity index (χ0v) is 12.0. The highest BCUT2D eigenvalue weighted by atomic mass is 16.5. The Bertz CT molecular complexity index is 602. The smallest absolute Gasteiger partial charge is 0.142 e. The Balaban J connectivity index is 2.35. The van der Waals surface area contributed by atoms with Crippen LogP contribution in [0.15, 0.2) is 24.3 Å². The van der Waals surface area contributed by atoms with Gasteiger partial charge < -0.3 is 20.1 Å². The second-order valence-electron chi connectivity index (χ2n) is 4.13. The van der Waals surface area contributed by atoms with Crippen LogP contribution in [0.4, 0.5) is 17.3 Å². The van der Waals surface area contributed by atoms with Crippen LogP contribution < -0.4 is 20.1 Å². The van der Waals surface area contributed by atoms with Gasteiger partial charge in [0, 0.05) is 19.2 Å². The first-order valence-electron chi connectivity index (χ1n) is 6.18. The lowest BCUT2D eigenvalue weighted by Crippen LogP contribution is -2.02. The highest BCUT2D eigenvalue weighted by Gasteiger charge is 2.07. The van der Waals surface area contributed by atoms with E-state index >= 15 is 0 Å². The van der Waals surface area contributed by atoms with Crippen molar-refractivity contribution in [3.05, 3.63) is 30.1 Å². The summed E-state index contributed by atoms with van der Waals surface area (Å²) in [6.07, 6.45) is 0. The molecule has 0 unspecified atom stereocenters. The maximum Gasteiger partial charge on any atom is 0.142 e. The summed E-state index contributed by atoms with van der Waals surface area (Å²) < 4.78 is 10.5. The summed E-state index contributed by atoms with van der Waals surface area (Å²) in [6.45, 7) is 1.84. The molecule has 1 aromatic heterocycles. The summed E-state index contributed by atoms with van der Waals surface area (Å²) in [5.74, 6) is 3.58. The minimum Gasteiger partial charge on any atom is -0.497 e. The SMILES string of the molecule is CNc1cc(Nc2cc(OC)ccc2OC)nc(C)n1. The number of hydrogen-bond donors (Lipinski definition) is 2. The summed E-state index contributed by atoms with van der Waals surface area (Å²) in [5, 5.41) is 6.22. The van der Waals surface area contributed by atoms with Crippen LogP contribution in [0.25, 0.3) is 0 Å². The summed E-state index contributed by atoms with van der Waals surface area (Å²) in [4.78, 5) is 8.60. The van der Waals surface area contributed by atoms with Crippen molar-refractivity contribution >= 4 is 17.3 Å². The van der Waals surface area contributed by atoms with Crippen molar-refractivity contribution in [2.45, 2.75) is 6.92 Å². The molecule has 0 radical (unpaired) electrons. The minimum absolute atomic E-state index is 0.682. The number of nitrogens with one attached hydrogen (secondary N) is 2. The fraction of sp³-hybridized carbons (Fsp3) is 0.286. The predicted molar refractivity (Wildman–Crippen MR) is 79.1 cm³/mol. The lowest BCUT2D eigenvalue weighted by molar-refractivity contribution is 0.405. The van der Waals surface area contributed by atoms with Gasteiger partial charge >= 0.3 is 0 Å². The maximum atomic E-state index is 5.33. The van der Waals surface area contributed by atoms with E-state index in [2.05, 4.69) is 20.6 Å². The van der Waals surface area contributed by atoms with Crippen molar-refractivity contribution in [1.29, 1.82) is 0 Å². The molecule has 1 heterocycles. The van der Waals surface area contributed by atoms with E-state index < -0.39 is 0 Å². The first-order chi connectivity index (χ1) is 9.66. The van der Waals surface area contributed by atoms with Crippen LogP contribution >= 0.6 is 0 Å². The normalized spacial score (nSPS) is 10.0. The number of hydrogen-bond acceptors (Lipinski definition) is 6. The molecule has 2 rings (SSSR count). The Labute approximate surface area is 118 Å². The molecule has 0 saturated heterocycles. The molecule has 2 aromatic rings. The Morgan fingerprint density at radius 2 is 1.75 bits per heavy atom. The first-order valence-corrected chi connectivity index (χ1v) is 6.18. The first kappa shape index (κ1) is 13.9. The second kappa shape index (κ2) is 6.10. The molecule has 0 atom stereocenters. The van der Waals surface area contributed by atoms with Crippen LogP contribution in [-0.4, -0.2) is 31.2 Å². The molecule has 1 aromatic carbocycles. The summed E-state index contributed by atoms with van der Waals surface area (Å²) in [7, 11) is 5.06. The van der Waals surface area contributed by atoms with Crippen LogP contribution in [0.5, 0.6) is 11.5 Å². The molecule has 0 saturated carbocycles. The molecule has 6 nitrogen and oxygen atoms in total. The van der Waals surface area contributed by atoms with E-state index in [1.807, 2.05) is 38.2 Å². The molecule has 0 spiro atoms. The number of anilines is 3. The average molecular weight is 274 g/mol. The van der Waals surface area contributed by atoms with Gasteiger partial charge in [0.15, 0.2) is 0 Å². The Morgan fingerprint density at radius 1 is 1.00 bits per heavy atom. The Morgan fingerprint density at radius 3 is 2.40 bits per heavy atom. The van der Waals surface area contributed by atoms with Gasteiger partial charge in [-0.2, -0.15) is 0 Å². The average Bonchev–Trinajstić information content (AvgIpc) is 2.46. The zero-order valence-electron chi connectivity index (χ0n) is 12.0. The van der Waals surface area contributed by atoms with Gasteiger partial charge in [-0.05, 0) is 19.1 Å². The number of methoxy groups -OCH3 is 2. The standard InChI is InChI=1S/C14H18N4O2/c1-9-16-13(15-2)8-14(17-9)18-11-7-10(19-3)5-6-12(11)20-4/h5-8H,1-4H3,(H2,15,16,17,18). The number of aromatic nitrogens is 2. The highest BCUT2D eigenvalue weighted by Crippen LogP contribution is 2.31. The lowest BCUT2D eigenvalue weighted by Gasteiger charge is -2.13. The summed E-state index contributed by atoms with van der Waals surface area (Å²) >= 11 is 0. The van der Waals surface area contributed by atoms with E-state index in [4.69, 9.17) is 9.47 Å². The van der Waals surface area contributed by atoms with E-state index in [0.717, 1.165) is 17.3 Å². The number of aryl methyl sites for hydroxylation is 1. The third-order valence-corrected chi connectivity index (χ3v) is 2.76. The Hall–Kier alpha value is -2.50. The Kier molecular flexibility index (Phi) is 4.24. The second-order valence-corrected chi connectivity index (χ2v) is 4.13. The largest absolute Gasteiger partial charge is 0.497 e. The summed E-state index contributed by atoms with van der Waals surface area (Å²) in [5.41, 5.74) is 0.784. The molecule has 20 heavy (non-hydrogen) atoms. The quantitative estimate of drug-likeness (QED) is 0.873. The molecule has 0 fully saturated rings. The van der Waals surface area contributed by atoms with Gasteiger partial charge in [0.1, 0.15) is 29.0 Å². The number of nitrogens with zero attached hydrogens (tertiary/aromatic N) is 2. The molecule has 0 amide bonds. The van der Waals surface area contributed by atoms with Gasteiger partial charge in [0.25, 0.3) is 0 Å².